The molecule has 0 aliphatic heterocycles. The number of nitrogens with zero attached hydrogens (tertiary/aromatic N) is 3. The molecule has 0 unspecified atom stereocenters. The van der Waals surface area contributed by atoms with E-state index in [0.717, 1.165) is 47.0 Å². The van der Waals surface area contributed by atoms with Crippen molar-refractivity contribution in [3.63, 3.8) is 0 Å². The summed E-state index contributed by atoms with van der Waals surface area (Å²) in [4.78, 5) is 17.7. The van der Waals surface area contributed by atoms with Crippen molar-refractivity contribution in [1.82, 2.24) is 14.1 Å². The van der Waals surface area contributed by atoms with Crippen molar-refractivity contribution < 1.29 is 13.2 Å². The highest BCUT2D eigenvalue weighted by atomic mass is 32.2. The summed E-state index contributed by atoms with van der Waals surface area (Å²) in [5.74, 6) is 0.372. The zero-order valence-electron chi connectivity index (χ0n) is 18.1. The first-order valence-electron chi connectivity index (χ1n) is 10.6. The van der Waals surface area contributed by atoms with Crippen molar-refractivity contribution in [3.05, 3.63) is 41.2 Å². The summed E-state index contributed by atoms with van der Waals surface area (Å²) < 4.78 is 27.8. The van der Waals surface area contributed by atoms with Crippen LogP contribution >= 0.6 is 11.8 Å². The molecule has 1 aromatic carbocycles. The summed E-state index contributed by atoms with van der Waals surface area (Å²) in [6, 6.07) is 7.29. The third-order valence-corrected chi connectivity index (χ3v) is 7.67. The van der Waals surface area contributed by atoms with Crippen molar-refractivity contribution in [2.45, 2.75) is 69.1 Å². The number of carbonyl (C=O) groups excluding carboxylic acids is 1. The molecule has 3 aromatic rings. The molecule has 31 heavy (non-hydrogen) atoms. The Morgan fingerprint density at radius 1 is 1.26 bits per heavy atom. The van der Waals surface area contributed by atoms with Gasteiger partial charge in [0.1, 0.15) is 0 Å². The zero-order chi connectivity index (χ0) is 22.3. The summed E-state index contributed by atoms with van der Waals surface area (Å²) in [5.41, 5.74) is 4.39. The van der Waals surface area contributed by atoms with E-state index < -0.39 is 10.0 Å². The molecule has 1 fully saturated rings. The second-order valence-electron chi connectivity index (χ2n) is 8.19. The van der Waals surface area contributed by atoms with Gasteiger partial charge in [-0.25, -0.2) is 18.5 Å². The predicted molar refractivity (Wildman–Crippen MR) is 123 cm³/mol. The van der Waals surface area contributed by atoms with Gasteiger partial charge < -0.3 is 9.13 Å². The van der Waals surface area contributed by atoms with Gasteiger partial charge in [-0.1, -0.05) is 25.1 Å². The van der Waals surface area contributed by atoms with Crippen molar-refractivity contribution in [1.29, 1.82) is 0 Å². The fourth-order valence-electron chi connectivity index (χ4n) is 4.07. The molecule has 0 bridgehead atoms. The molecule has 166 valence electrons. The fraction of sp³-hybridized carbons (Fsp3) is 0.455. The van der Waals surface area contributed by atoms with Gasteiger partial charge in [0, 0.05) is 29.5 Å². The lowest BCUT2D eigenvalue weighted by atomic mass is 10.2. The maximum Gasteiger partial charge on any atom is 0.238 e. The number of fused-ring (bicyclic) bond motifs is 1. The van der Waals surface area contributed by atoms with Gasteiger partial charge in [-0.15, -0.1) is 0 Å². The Morgan fingerprint density at radius 3 is 2.65 bits per heavy atom. The molecule has 0 spiro atoms. The van der Waals surface area contributed by atoms with E-state index in [-0.39, 0.29) is 16.4 Å². The summed E-state index contributed by atoms with van der Waals surface area (Å²) in [6.07, 6.45) is 4.35. The number of aryl methyl sites for hydroxylation is 2. The minimum atomic E-state index is -3.80. The highest BCUT2D eigenvalue weighted by Gasteiger charge is 2.28. The fourth-order valence-corrected chi connectivity index (χ4v) is 5.53. The lowest BCUT2D eigenvalue weighted by Gasteiger charge is -2.09. The molecule has 2 aromatic heterocycles. The molecule has 9 heteroatoms. The molecular weight excluding hydrogens is 432 g/mol. The van der Waals surface area contributed by atoms with Crippen LogP contribution in [0.25, 0.3) is 11.0 Å². The molecule has 0 radical (unpaired) electrons. The number of carbonyl (C=O) groups is 1. The number of imidazole rings is 1. The van der Waals surface area contributed by atoms with E-state index >= 15 is 0 Å². The van der Waals surface area contributed by atoms with Gasteiger partial charge in [-0.3, -0.25) is 4.79 Å². The number of Topliss-reactive ketones (excluding diaryl/α,β-unsaturated/α-hetero) is 1. The summed E-state index contributed by atoms with van der Waals surface area (Å²) in [7, 11) is -3.80. The highest BCUT2D eigenvalue weighted by molar-refractivity contribution is 7.99. The lowest BCUT2D eigenvalue weighted by Crippen LogP contribution is -2.11. The number of hydrogen-bond acceptors (Lipinski definition) is 5. The number of primary sulfonamides is 1. The molecule has 4 rings (SSSR count). The van der Waals surface area contributed by atoms with Crippen LogP contribution in [-0.4, -0.2) is 34.1 Å². The third kappa shape index (κ3) is 4.44. The molecule has 7 nitrogen and oxygen atoms in total. The average molecular weight is 461 g/mol. The largest absolute Gasteiger partial charge is 0.345 e. The minimum absolute atomic E-state index is 0.0419. The average Bonchev–Trinajstić information content (AvgIpc) is 3.41. The first kappa shape index (κ1) is 22.1. The summed E-state index contributed by atoms with van der Waals surface area (Å²) in [6.45, 7) is 6.95. The summed E-state index contributed by atoms with van der Waals surface area (Å²) in [5, 5.41) is 6.00. The van der Waals surface area contributed by atoms with E-state index in [1.54, 1.807) is 6.07 Å². The topological polar surface area (TPSA) is 100.0 Å². The number of benzene rings is 1. The number of unbranched alkanes of at least 4 members (excludes halogenated alkanes) is 1. The molecule has 2 N–H and O–H groups in total. The minimum Gasteiger partial charge on any atom is -0.345 e. The van der Waals surface area contributed by atoms with Crippen LogP contribution in [0.5, 0.6) is 0 Å². The van der Waals surface area contributed by atoms with Gasteiger partial charge in [0.05, 0.1) is 21.7 Å². The Bertz CT molecular complexity index is 1250. The number of nitrogens with two attached hydrogens (primary N) is 1. The SMILES string of the molecule is CCCCn1c(SCC(=O)c2cc(C)n(C3CC3)c2C)nc2cc(S(N)(=O)=O)ccc21. The van der Waals surface area contributed by atoms with Crippen LogP contribution in [0.4, 0.5) is 0 Å². The molecule has 1 saturated carbocycles. The smallest absolute Gasteiger partial charge is 0.238 e. The van der Waals surface area contributed by atoms with Gasteiger partial charge in [-0.05, 0) is 57.4 Å². The van der Waals surface area contributed by atoms with Crippen LogP contribution in [0.1, 0.15) is 60.4 Å². The van der Waals surface area contributed by atoms with E-state index in [4.69, 9.17) is 5.14 Å². The van der Waals surface area contributed by atoms with Gasteiger partial charge in [0.2, 0.25) is 10.0 Å². The molecule has 1 aliphatic carbocycles. The monoisotopic (exact) mass is 460 g/mol. The lowest BCUT2D eigenvalue weighted by molar-refractivity contribution is 0.102. The van der Waals surface area contributed by atoms with Crippen molar-refractivity contribution in [2.24, 2.45) is 5.14 Å². The van der Waals surface area contributed by atoms with E-state index in [1.807, 2.05) is 13.0 Å². The van der Waals surface area contributed by atoms with Crippen LogP contribution in [0.3, 0.4) is 0 Å². The third-order valence-electron chi connectivity index (χ3n) is 5.78. The second-order valence-corrected chi connectivity index (χ2v) is 10.7. The van der Waals surface area contributed by atoms with Gasteiger partial charge >= 0.3 is 0 Å². The van der Waals surface area contributed by atoms with E-state index in [1.165, 1.54) is 36.7 Å². The number of ketones is 1. The van der Waals surface area contributed by atoms with Gasteiger partial charge in [0.15, 0.2) is 10.9 Å². The maximum absolute atomic E-state index is 13.0. The summed E-state index contributed by atoms with van der Waals surface area (Å²) >= 11 is 1.40. The molecule has 0 saturated heterocycles. The molecule has 1 aliphatic rings. The van der Waals surface area contributed by atoms with Crippen LogP contribution in [-0.2, 0) is 16.6 Å². The number of thioether (sulfide) groups is 1. The maximum atomic E-state index is 13.0. The van der Waals surface area contributed by atoms with Crippen LogP contribution in [0.15, 0.2) is 34.3 Å². The number of aromatic nitrogens is 3. The second kappa shape index (κ2) is 8.44. The quantitative estimate of drug-likeness (QED) is 0.381. The molecule has 0 amide bonds. The van der Waals surface area contributed by atoms with Gasteiger partial charge in [-0.2, -0.15) is 0 Å². The van der Waals surface area contributed by atoms with E-state index in [9.17, 15) is 13.2 Å². The standard InChI is InChI=1S/C22H28N4O3S2/c1-4-5-10-25-20-9-8-17(31(23,28)29)12-19(20)24-22(25)30-13-21(27)18-11-14(2)26(15(18)3)16-6-7-16/h8-9,11-12,16H,4-7,10,13H2,1-3H3,(H2,23,28,29). The number of sulfonamides is 1. The van der Waals surface area contributed by atoms with Crippen molar-refractivity contribution in [2.75, 3.05) is 5.75 Å². The van der Waals surface area contributed by atoms with Crippen LogP contribution in [0, 0.1) is 13.8 Å². The Morgan fingerprint density at radius 2 is 2.00 bits per heavy atom. The Hall–Kier alpha value is -2.10. The van der Waals surface area contributed by atoms with E-state index in [0.29, 0.717) is 11.6 Å². The van der Waals surface area contributed by atoms with Crippen molar-refractivity contribution in [3.8, 4) is 0 Å². The normalized spacial score (nSPS) is 14.5. The van der Waals surface area contributed by atoms with Crippen LogP contribution in [0.2, 0.25) is 0 Å². The predicted octanol–water partition coefficient (Wildman–Crippen LogP) is 4.21. The first-order chi connectivity index (χ1) is 14.7. The number of rotatable bonds is 9. The van der Waals surface area contributed by atoms with Crippen LogP contribution < -0.4 is 5.14 Å². The van der Waals surface area contributed by atoms with Crippen molar-refractivity contribution >= 4 is 38.6 Å². The highest BCUT2D eigenvalue weighted by Crippen LogP contribution is 2.38. The molecule has 0 atom stereocenters. The Balaban J connectivity index is 1.61. The van der Waals surface area contributed by atoms with E-state index in [2.05, 4.69) is 28.0 Å². The van der Waals surface area contributed by atoms with Gasteiger partial charge in [0.25, 0.3) is 0 Å². The zero-order valence-corrected chi connectivity index (χ0v) is 19.7. The Kier molecular flexibility index (Phi) is 6.02. The molecular formula is C22H28N4O3S2. The first-order valence-corrected chi connectivity index (χ1v) is 13.1. The number of hydrogen-bond donors (Lipinski definition) is 1. The molecule has 2 heterocycles. The Labute approximate surface area is 187 Å².